The lowest BCUT2D eigenvalue weighted by molar-refractivity contribution is -0.125. The van der Waals surface area contributed by atoms with Crippen molar-refractivity contribution in [1.29, 1.82) is 0 Å². The molecule has 114 valence electrons. The lowest BCUT2D eigenvalue weighted by atomic mass is 10.1. The van der Waals surface area contributed by atoms with E-state index in [1.807, 2.05) is 38.1 Å². The topological polar surface area (TPSA) is 67.4 Å². The molecule has 1 fully saturated rings. The molecule has 2 rings (SSSR count). The molecule has 0 bridgehead atoms. The first-order valence-electron chi connectivity index (χ1n) is 7.31. The lowest BCUT2D eigenvalue weighted by Crippen LogP contribution is -2.30. The first kappa shape index (κ1) is 15.5. The molecule has 1 saturated heterocycles. The van der Waals surface area contributed by atoms with Gasteiger partial charge in [0.15, 0.2) is 0 Å². The van der Waals surface area contributed by atoms with Gasteiger partial charge in [0.05, 0.1) is 12.5 Å². The van der Waals surface area contributed by atoms with Crippen LogP contribution in [0.1, 0.15) is 25.8 Å². The Balaban J connectivity index is 1.88. The minimum absolute atomic E-state index is 0.0145. The second kappa shape index (κ2) is 7.22. The van der Waals surface area contributed by atoms with Crippen molar-refractivity contribution < 1.29 is 14.3 Å². The van der Waals surface area contributed by atoms with Crippen molar-refractivity contribution in [2.75, 3.05) is 18.5 Å². The number of carbonyl (C=O) groups is 2. The second-order valence-corrected chi connectivity index (χ2v) is 5.62. The summed E-state index contributed by atoms with van der Waals surface area (Å²) < 4.78 is 5.21. The molecule has 1 aromatic carbocycles. The third kappa shape index (κ3) is 4.56. The van der Waals surface area contributed by atoms with Gasteiger partial charge in [-0.25, -0.2) is 0 Å². The predicted octanol–water partition coefficient (Wildman–Crippen LogP) is 1.93. The van der Waals surface area contributed by atoms with Gasteiger partial charge in [0.1, 0.15) is 0 Å². The molecule has 5 nitrogen and oxygen atoms in total. The predicted molar refractivity (Wildman–Crippen MR) is 80.7 cm³/mol. The smallest absolute Gasteiger partial charge is 0.226 e. The quantitative estimate of drug-likeness (QED) is 0.870. The van der Waals surface area contributed by atoms with Gasteiger partial charge >= 0.3 is 0 Å². The number of anilines is 1. The second-order valence-electron chi connectivity index (χ2n) is 5.62. The zero-order valence-corrected chi connectivity index (χ0v) is 12.5. The molecule has 0 radical (unpaired) electrons. The maximum Gasteiger partial charge on any atom is 0.226 e. The molecular weight excluding hydrogens is 268 g/mol. The highest BCUT2D eigenvalue weighted by Crippen LogP contribution is 2.14. The van der Waals surface area contributed by atoms with Gasteiger partial charge in [0.2, 0.25) is 11.8 Å². The molecule has 0 unspecified atom stereocenters. The number of carbonyl (C=O) groups excluding carboxylic acids is 2. The number of ether oxygens (including phenoxy) is 1. The summed E-state index contributed by atoms with van der Waals surface area (Å²) in [6, 6.07) is 7.52. The SMILES string of the molecule is CC(C)C(=O)Nc1cccc(CNC(=O)[C@@H]2CCOC2)c1. The number of rotatable bonds is 5. The van der Waals surface area contributed by atoms with E-state index in [0.717, 1.165) is 17.7 Å². The Morgan fingerprint density at radius 3 is 2.86 bits per heavy atom. The Labute approximate surface area is 125 Å². The molecule has 1 aromatic rings. The van der Waals surface area contributed by atoms with Gasteiger partial charge in [-0.05, 0) is 24.1 Å². The lowest BCUT2D eigenvalue weighted by Gasteiger charge is -2.11. The van der Waals surface area contributed by atoms with E-state index in [1.54, 1.807) is 0 Å². The Morgan fingerprint density at radius 1 is 1.38 bits per heavy atom. The number of hydrogen-bond donors (Lipinski definition) is 2. The minimum atomic E-state index is -0.0595. The summed E-state index contributed by atoms with van der Waals surface area (Å²) in [6.07, 6.45) is 0.788. The molecular formula is C16H22N2O3. The van der Waals surface area contributed by atoms with Crippen molar-refractivity contribution in [3.05, 3.63) is 29.8 Å². The molecule has 1 heterocycles. The van der Waals surface area contributed by atoms with Gasteiger partial charge in [-0.2, -0.15) is 0 Å². The molecule has 1 aliphatic rings. The average Bonchev–Trinajstić information content (AvgIpc) is 2.99. The van der Waals surface area contributed by atoms with Crippen LogP contribution in [0.15, 0.2) is 24.3 Å². The molecule has 2 amide bonds. The van der Waals surface area contributed by atoms with E-state index < -0.39 is 0 Å². The van der Waals surface area contributed by atoms with Crippen molar-refractivity contribution >= 4 is 17.5 Å². The molecule has 1 aliphatic heterocycles. The van der Waals surface area contributed by atoms with Crippen LogP contribution in [0.25, 0.3) is 0 Å². The van der Waals surface area contributed by atoms with Crippen molar-refractivity contribution in [3.8, 4) is 0 Å². The summed E-state index contributed by atoms with van der Waals surface area (Å²) >= 11 is 0. The van der Waals surface area contributed by atoms with Crippen LogP contribution in [0.5, 0.6) is 0 Å². The average molecular weight is 290 g/mol. The van der Waals surface area contributed by atoms with Crippen LogP contribution >= 0.6 is 0 Å². The van der Waals surface area contributed by atoms with Gasteiger partial charge < -0.3 is 15.4 Å². The first-order valence-corrected chi connectivity index (χ1v) is 7.31. The Bertz CT molecular complexity index is 508. The van der Waals surface area contributed by atoms with Gasteiger partial charge in [0.25, 0.3) is 0 Å². The molecule has 5 heteroatoms. The first-order chi connectivity index (χ1) is 10.1. The highest BCUT2D eigenvalue weighted by molar-refractivity contribution is 5.92. The fraction of sp³-hybridized carbons (Fsp3) is 0.500. The molecule has 0 spiro atoms. The fourth-order valence-corrected chi connectivity index (χ4v) is 2.12. The van der Waals surface area contributed by atoms with E-state index >= 15 is 0 Å². The van der Waals surface area contributed by atoms with Crippen molar-refractivity contribution in [2.24, 2.45) is 11.8 Å². The van der Waals surface area contributed by atoms with E-state index in [9.17, 15) is 9.59 Å². The number of benzene rings is 1. The molecule has 2 N–H and O–H groups in total. The largest absolute Gasteiger partial charge is 0.381 e. The third-order valence-corrected chi connectivity index (χ3v) is 3.49. The van der Waals surface area contributed by atoms with Gasteiger partial charge in [0, 0.05) is 24.8 Å². The standard InChI is InChI=1S/C16H22N2O3/c1-11(2)15(19)18-14-5-3-4-12(8-14)9-17-16(20)13-6-7-21-10-13/h3-5,8,11,13H,6-7,9-10H2,1-2H3,(H,17,20)(H,18,19)/t13-/m1/s1. The zero-order valence-electron chi connectivity index (χ0n) is 12.5. The van der Waals surface area contributed by atoms with Crippen LogP contribution in [0.3, 0.4) is 0 Å². The molecule has 0 aliphatic carbocycles. The highest BCUT2D eigenvalue weighted by atomic mass is 16.5. The number of amides is 2. The van der Waals surface area contributed by atoms with Crippen LogP contribution in [-0.2, 0) is 20.9 Å². The van der Waals surface area contributed by atoms with Crippen LogP contribution in [0, 0.1) is 11.8 Å². The Kier molecular flexibility index (Phi) is 5.33. The summed E-state index contributed by atoms with van der Waals surface area (Å²) in [6.45, 7) is 5.33. The molecule has 0 saturated carbocycles. The van der Waals surface area contributed by atoms with E-state index in [1.165, 1.54) is 0 Å². The maximum atomic E-state index is 11.9. The summed E-state index contributed by atoms with van der Waals surface area (Å²) in [5, 5.41) is 5.77. The molecule has 21 heavy (non-hydrogen) atoms. The van der Waals surface area contributed by atoms with E-state index in [4.69, 9.17) is 4.74 Å². The van der Waals surface area contributed by atoms with Gasteiger partial charge in [-0.3, -0.25) is 9.59 Å². The van der Waals surface area contributed by atoms with Crippen molar-refractivity contribution in [3.63, 3.8) is 0 Å². The van der Waals surface area contributed by atoms with E-state index in [2.05, 4.69) is 10.6 Å². The summed E-state index contributed by atoms with van der Waals surface area (Å²) in [5.41, 5.74) is 1.72. The van der Waals surface area contributed by atoms with Gasteiger partial charge in [-0.15, -0.1) is 0 Å². The minimum Gasteiger partial charge on any atom is -0.381 e. The maximum absolute atomic E-state index is 11.9. The summed E-state index contributed by atoms with van der Waals surface area (Å²) in [7, 11) is 0. The Hall–Kier alpha value is -1.88. The van der Waals surface area contributed by atoms with Gasteiger partial charge in [-0.1, -0.05) is 26.0 Å². The van der Waals surface area contributed by atoms with Crippen LogP contribution in [0.2, 0.25) is 0 Å². The zero-order chi connectivity index (χ0) is 15.2. The van der Waals surface area contributed by atoms with E-state index in [0.29, 0.717) is 19.8 Å². The highest BCUT2D eigenvalue weighted by Gasteiger charge is 2.22. The fourth-order valence-electron chi connectivity index (χ4n) is 2.12. The monoisotopic (exact) mass is 290 g/mol. The third-order valence-electron chi connectivity index (χ3n) is 3.49. The van der Waals surface area contributed by atoms with Crippen molar-refractivity contribution in [1.82, 2.24) is 5.32 Å². The van der Waals surface area contributed by atoms with Crippen LogP contribution in [0.4, 0.5) is 5.69 Å². The Morgan fingerprint density at radius 2 is 2.19 bits per heavy atom. The number of hydrogen-bond acceptors (Lipinski definition) is 3. The normalized spacial score (nSPS) is 17.8. The van der Waals surface area contributed by atoms with Crippen molar-refractivity contribution in [2.45, 2.75) is 26.8 Å². The van der Waals surface area contributed by atoms with E-state index in [-0.39, 0.29) is 23.7 Å². The van der Waals surface area contributed by atoms with Crippen LogP contribution in [-0.4, -0.2) is 25.0 Å². The summed E-state index contributed by atoms with van der Waals surface area (Å²) in [5.74, 6) is -0.0760. The molecule has 0 aromatic heterocycles. The van der Waals surface area contributed by atoms with Crippen LogP contribution < -0.4 is 10.6 Å². The molecule has 1 atom stereocenters. The number of nitrogens with one attached hydrogen (secondary N) is 2. The summed E-state index contributed by atoms with van der Waals surface area (Å²) in [4.78, 5) is 23.6.